The van der Waals surface area contributed by atoms with E-state index >= 15 is 0 Å². The zero-order valence-corrected chi connectivity index (χ0v) is 18.4. The van der Waals surface area contributed by atoms with Crippen LogP contribution in [0.25, 0.3) is 11.0 Å². The molecule has 0 saturated carbocycles. The Labute approximate surface area is 193 Å². The summed E-state index contributed by atoms with van der Waals surface area (Å²) in [7, 11) is 3.49. The number of fused-ring (bicyclic) bond motifs is 1. The maximum absolute atomic E-state index is 12.5. The molecule has 0 aliphatic carbocycles. The highest BCUT2D eigenvalue weighted by atomic mass is 16.5. The van der Waals surface area contributed by atoms with Crippen molar-refractivity contribution in [3.8, 4) is 17.2 Å². The van der Waals surface area contributed by atoms with Gasteiger partial charge in [0.15, 0.2) is 11.2 Å². The van der Waals surface area contributed by atoms with Gasteiger partial charge in [-0.1, -0.05) is 12.1 Å². The number of ether oxygens (including phenoxy) is 2. The van der Waals surface area contributed by atoms with E-state index in [4.69, 9.17) is 19.0 Å². The molecule has 0 bridgehead atoms. The lowest BCUT2D eigenvalue weighted by atomic mass is 10.1. The number of nitrogens with zero attached hydrogens (tertiary/aromatic N) is 1. The molecule has 3 rings (SSSR count). The molecule has 1 unspecified atom stereocenters. The monoisotopic (exact) mass is 469 g/mol. The van der Waals surface area contributed by atoms with Gasteiger partial charge in [-0.25, -0.2) is 4.79 Å². The number of phenols is 1. The number of phenolic OH excluding ortho intramolecular Hbond substituents is 1. The minimum absolute atomic E-state index is 0.0295. The Balaban J connectivity index is 1.70. The number of aromatic carboxylic acids is 1. The minimum atomic E-state index is -1.38. The molecule has 34 heavy (non-hydrogen) atoms. The van der Waals surface area contributed by atoms with Gasteiger partial charge in [0.2, 0.25) is 5.76 Å². The zero-order valence-electron chi connectivity index (χ0n) is 18.4. The van der Waals surface area contributed by atoms with Crippen LogP contribution in [0.4, 0.5) is 0 Å². The highest BCUT2D eigenvalue weighted by molar-refractivity contribution is 6.08. The van der Waals surface area contributed by atoms with Crippen molar-refractivity contribution in [2.24, 2.45) is 0 Å². The van der Waals surface area contributed by atoms with Crippen molar-refractivity contribution in [1.82, 2.24) is 4.90 Å². The summed E-state index contributed by atoms with van der Waals surface area (Å²) < 4.78 is 16.3. The molecule has 3 aromatic rings. The number of carbonyl (C=O) groups is 2. The molecule has 0 amide bonds. The van der Waals surface area contributed by atoms with Gasteiger partial charge in [0.1, 0.15) is 53.1 Å². The number of carboxylic acids is 1. The van der Waals surface area contributed by atoms with Crippen molar-refractivity contribution in [3.05, 3.63) is 76.3 Å². The van der Waals surface area contributed by atoms with Gasteiger partial charge in [-0.3, -0.25) is 9.59 Å². The first-order valence-electron chi connectivity index (χ1n) is 10.1. The van der Waals surface area contributed by atoms with E-state index in [1.165, 1.54) is 48.7 Å². The highest BCUT2D eigenvalue weighted by Gasteiger charge is 2.18. The molecular weight excluding hydrogens is 446 g/mol. The largest absolute Gasteiger partial charge is 0.507 e. The van der Waals surface area contributed by atoms with Crippen molar-refractivity contribution in [2.45, 2.75) is 6.10 Å². The van der Waals surface area contributed by atoms with Crippen LogP contribution in [0.2, 0.25) is 0 Å². The smallest absolute Gasteiger partial charge is 0.371 e. The van der Waals surface area contributed by atoms with Crippen molar-refractivity contribution in [2.75, 3.05) is 27.3 Å². The number of carboxylic acid groups (broad SMARTS) is 1. The number of allylic oxidation sites excluding steroid dienone is 1. The molecular formula is C24H23NO9. The first kappa shape index (κ1) is 24.3. The molecule has 2 aromatic carbocycles. The van der Waals surface area contributed by atoms with Gasteiger partial charge in [-0.2, -0.15) is 0 Å². The maximum Gasteiger partial charge on any atom is 0.371 e. The number of aromatic hydroxyl groups is 1. The van der Waals surface area contributed by atoms with E-state index in [1.807, 2.05) is 0 Å². The molecule has 1 atom stereocenters. The van der Waals surface area contributed by atoms with Crippen LogP contribution in [-0.4, -0.2) is 65.4 Å². The molecule has 0 spiro atoms. The zero-order chi connectivity index (χ0) is 24.8. The summed E-state index contributed by atoms with van der Waals surface area (Å²) in [6.45, 7) is -0.550. The van der Waals surface area contributed by atoms with Crippen LogP contribution in [0.5, 0.6) is 17.2 Å². The SMILES string of the molecule is CN(C)C=CC(=O)c1c(O)cccc1OCC(O)COc1cccc2oc(C(=O)O)cc(=O)c12. The molecule has 0 radical (unpaired) electrons. The fourth-order valence-electron chi connectivity index (χ4n) is 3.01. The fraction of sp³-hybridized carbons (Fsp3) is 0.208. The molecule has 1 aromatic heterocycles. The molecule has 10 heteroatoms. The van der Waals surface area contributed by atoms with E-state index in [2.05, 4.69) is 0 Å². The number of ketones is 1. The number of aliphatic hydroxyl groups is 1. The Morgan fingerprint density at radius 3 is 2.41 bits per heavy atom. The van der Waals surface area contributed by atoms with E-state index in [0.717, 1.165) is 6.07 Å². The molecule has 178 valence electrons. The second kappa shape index (κ2) is 10.5. The summed E-state index contributed by atoms with van der Waals surface area (Å²) in [5, 5.41) is 29.5. The number of aliphatic hydroxyl groups excluding tert-OH is 1. The molecule has 10 nitrogen and oxygen atoms in total. The summed E-state index contributed by atoms with van der Waals surface area (Å²) in [6, 6.07) is 9.62. The Morgan fingerprint density at radius 2 is 1.74 bits per heavy atom. The van der Waals surface area contributed by atoms with Crippen LogP contribution >= 0.6 is 0 Å². The van der Waals surface area contributed by atoms with Crippen LogP contribution in [0.15, 0.2) is 64.0 Å². The van der Waals surface area contributed by atoms with Crippen LogP contribution in [0, 0.1) is 0 Å². The highest BCUT2D eigenvalue weighted by Crippen LogP contribution is 2.29. The number of benzene rings is 2. The van der Waals surface area contributed by atoms with E-state index in [0.29, 0.717) is 0 Å². The number of hydrogen-bond acceptors (Lipinski definition) is 9. The average Bonchev–Trinajstić information content (AvgIpc) is 2.79. The summed E-state index contributed by atoms with van der Waals surface area (Å²) in [6.07, 6.45) is 1.65. The van der Waals surface area contributed by atoms with Crippen LogP contribution < -0.4 is 14.9 Å². The van der Waals surface area contributed by atoms with Crippen molar-refractivity contribution >= 4 is 22.7 Å². The molecule has 0 aliphatic rings. The van der Waals surface area contributed by atoms with E-state index in [1.54, 1.807) is 19.0 Å². The third-order valence-corrected chi connectivity index (χ3v) is 4.56. The summed E-state index contributed by atoms with van der Waals surface area (Å²) in [4.78, 5) is 37.6. The van der Waals surface area contributed by atoms with Gasteiger partial charge in [0.05, 0.1) is 0 Å². The van der Waals surface area contributed by atoms with Crippen LogP contribution in [0.1, 0.15) is 20.9 Å². The second-order valence-corrected chi connectivity index (χ2v) is 7.48. The van der Waals surface area contributed by atoms with Gasteiger partial charge in [0.25, 0.3) is 0 Å². The van der Waals surface area contributed by atoms with Gasteiger partial charge >= 0.3 is 5.97 Å². The van der Waals surface area contributed by atoms with Crippen LogP contribution in [0.3, 0.4) is 0 Å². The Bertz CT molecular complexity index is 1290. The quantitative estimate of drug-likeness (QED) is 0.298. The third kappa shape index (κ3) is 5.73. The Hall–Kier alpha value is -4.31. The lowest BCUT2D eigenvalue weighted by molar-refractivity contribution is 0.0624. The lowest BCUT2D eigenvalue weighted by Gasteiger charge is -2.16. The van der Waals surface area contributed by atoms with E-state index in [9.17, 15) is 24.6 Å². The standard InChI is InChI=1S/C24H23NO9/c1-25(2)10-9-16(28)22-15(27)5-3-6-18(22)32-12-14(26)13-33-19-7-4-8-20-23(19)17(29)11-21(34-20)24(30)31/h3-11,14,26-27H,12-13H2,1-2H3,(H,30,31). The Morgan fingerprint density at radius 1 is 1.09 bits per heavy atom. The van der Waals surface area contributed by atoms with Crippen molar-refractivity contribution in [3.63, 3.8) is 0 Å². The second-order valence-electron chi connectivity index (χ2n) is 7.48. The number of rotatable bonds is 10. The molecule has 3 N–H and O–H groups in total. The van der Waals surface area contributed by atoms with Gasteiger partial charge in [0, 0.05) is 32.4 Å². The first-order chi connectivity index (χ1) is 16.2. The van der Waals surface area contributed by atoms with Crippen molar-refractivity contribution in [1.29, 1.82) is 0 Å². The summed E-state index contributed by atoms with van der Waals surface area (Å²) >= 11 is 0. The van der Waals surface area contributed by atoms with Gasteiger partial charge < -0.3 is 34.1 Å². The predicted molar refractivity (Wildman–Crippen MR) is 122 cm³/mol. The van der Waals surface area contributed by atoms with Gasteiger partial charge in [-0.05, 0) is 24.3 Å². The van der Waals surface area contributed by atoms with Crippen molar-refractivity contribution < 1.29 is 38.8 Å². The van der Waals surface area contributed by atoms with Gasteiger partial charge in [-0.15, -0.1) is 0 Å². The van der Waals surface area contributed by atoms with Crippen LogP contribution in [-0.2, 0) is 0 Å². The summed E-state index contributed by atoms with van der Waals surface area (Å²) in [5.41, 5.74) is -0.620. The summed E-state index contributed by atoms with van der Waals surface area (Å²) in [5.74, 6) is -2.43. The molecule has 1 heterocycles. The topological polar surface area (TPSA) is 147 Å². The minimum Gasteiger partial charge on any atom is -0.507 e. The maximum atomic E-state index is 12.5. The first-order valence-corrected chi connectivity index (χ1v) is 10.1. The Kier molecular flexibility index (Phi) is 7.54. The molecule has 0 fully saturated rings. The number of hydrogen-bond donors (Lipinski definition) is 3. The van der Waals surface area contributed by atoms with E-state index < -0.39 is 29.0 Å². The average molecular weight is 469 g/mol. The lowest BCUT2D eigenvalue weighted by Crippen LogP contribution is -2.25. The fourth-order valence-corrected chi connectivity index (χ4v) is 3.01. The predicted octanol–water partition coefficient (Wildman–Crippen LogP) is 2.27. The third-order valence-electron chi connectivity index (χ3n) is 4.56. The number of carbonyl (C=O) groups excluding carboxylic acids is 1. The molecule has 0 aliphatic heterocycles. The molecule has 0 saturated heterocycles. The van der Waals surface area contributed by atoms with E-state index in [-0.39, 0.29) is 47.0 Å². The normalized spacial score (nSPS) is 12.0.